The maximum atomic E-state index is 12.3. The van der Waals surface area contributed by atoms with Crippen LogP contribution in [0.2, 0.25) is 8.67 Å². The van der Waals surface area contributed by atoms with Gasteiger partial charge in [0, 0.05) is 17.5 Å². The van der Waals surface area contributed by atoms with Gasteiger partial charge in [0.1, 0.15) is 10.2 Å². The Kier molecular flexibility index (Phi) is 3.97. The summed E-state index contributed by atoms with van der Waals surface area (Å²) in [4.78, 5) is 12.3. The number of carbonyl (C=O) groups is 1. The molecule has 4 rings (SSSR count). The lowest BCUT2D eigenvalue weighted by atomic mass is 10.2. The fraction of sp³-hybridized carbons (Fsp3) is 0.500. The Balaban J connectivity index is 1.50. The topological polar surface area (TPSA) is 47.8 Å². The highest BCUT2D eigenvalue weighted by Gasteiger charge is 2.36. The first-order valence-corrected chi connectivity index (χ1v) is 9.75. The van der Waals surface area contributed by atoms with Gasteiger partial charge in [-0.3, -0.25) is 4.79 Å². The molecule has 0 N–H and O–H groups in total. The molecule has 0 saturated heterocycles. The molecule has 0 bridgehead atoms. The van der Waals surface area contributed by atoms with Crippen molar-refractivity contribution in [3.05, 3.63) is 26.1 Å². The maximum absolute atomic E-state index is 12.3. The minimum absolute atomic E-state index is 0.0172. The predicted molar refractivity (Wildman–Crippen MR) is 89.7 cm³/mol. The van der Waals surface area contributed by atoms with Crippen molar-refractivity contribution in [2.24, 2.45) is 0 Å². The molecule has 0 unspecified atom stereocenters. The van der Waals surface area contributed by atoms with Crippen LogP contribution in [-0.2, 0) is 0 Å². The van der Waals surface area contributed by atoms with Gasteiger partial charge in [-0.25, -0.2) is 0 Å². The molecule has 2 aliphatic rings. The van der Waals surface area contributed by atoms with E-state index in [1.807, 2.05) is 0 Å². The number of thiophene rings is 1. The number of ketones is 1. The van der Waals surface area contributed by atoms with E-state index >= 15 is 0 Å². The van der Waals surface area contributed by atoms with Crippen molar-refractivity contribution in [2.45, 2.75) is 42.8 Å². The van der Waals surface area contributed by atoms with E-state index < -0.39 is 0 Å². The van der Waals surface area contributed by atoms with Gasteiger partial charge in [0.25, 0.3) is 0 Å². The predicted octanol–water partition coefficient (Wildman–Crippen LogP) is 4.83. The molecule has 0 aromatic carbocycles. The molecule has 2 heterocycles. The van der Waals surface area contributed by atoms with Crippen LogP contribution < -0.4 is 0 Å². The highest BCUT2D eigenvalue weighted by molar-refractivity contribution is 7.99. The summed E-state index contributed by atoms with van der Waals surface area (Å²) in [6.07, 6.45) is 4.78. The van der Waals surface area contributed by atoms with Crippen molar-refractivity contribution in [2.75, 3.05) is 5.75 Å². The number of halogens is 2. The number of aromatic nitrogens is 3. The molecule has 116 valence electrons. The first kappa shape index (κ1) is 15.0. The summed E-state index contributed by atoms with van der Waals surface area (Å²) in [6, 6.07) is 2.17. The van der Waals surface area contributed by atoms with Gasteiger partial charge < -0.3 is 4.57 Å². The van der Waals surface area contributed by atoms with E-state index in [0.717, 1.165) is 11.0 Å². The molecule has 0 spiro atoms. The van der Waals surface area contributed by atoms with Gasteiger partial charge in [0.2, 0.25) is 0 Å². The molecule has 2 saturated carbocycles. The second-order valence-corrected chi connectivity index (χ2v) is 8.89. The highest BCUT2D eigenvalue weighted by atomic mass is 35.5. The Morgan fingerprint density at radius 3 is 2.68 bits per heavy atom. The van der Waals surface area contributed by atoms with Crippen molar-refractivity contribution in [3.8, 4) is 0 Å². The van der Waals surface area contributed by atoms with Crippen molar-refractivity contribution < 1.29 is 4.79 Å². The van der Waals surface area contributed by atoms with Crippen molar-refractivity contribution >= 4 is 52.1 Å². The lowest BCUT2D eigenvalue weighted by Gasteiger charge is -2.07. The maximum Gasteiger partial charge on any atom is 0.191 e. The van der Waals surface area contributed by atoms with E-state index in [1.165, 1.54) is 48.8 Å². The molecule has 22 heavy (non-hydrogen) atoms. The van der Waals surface area contributed by atoms with Gasteiger partial charge in [-0.2, -0.15) is 0 Å². The van der Waals surface area contributed by atoms with Crippen molar-refractivity contribution in [1.82, 2.24) is 14.8 Å². The second kappa shape index (κ2) is 5.82. The van der Waals surface area contributed by atoms with Crippen LogP contribution in [0.25, 0.3) is 0 Å². The molecule has 8 heteroatoms. The third-order valence-corrected chi connectivity index (χ3v) is 6.27. The van der Waals surface area contributed by atoms with Gasteiger partial charge in [0.05, 0.1) is 10.1 Å². The molecule has 2 aliphatic carbocycles. The van der Waals surface area contributed by atoms with Crippen molar-refractivity contribution in [3.63, 3.8) is 0 Å². The number of Topliss-reactive ketones (excluding diaryl/α,β-unsaturated/α-hetero) is 1. The normalized spacial score (nSPS) is 17.9. The Bertz CT molecular complexity index is 735. The zero-order valence-electron chi connectivity index (χ0n) is 11.6. The van der Waals surface area contributed by atoms with Gasteiger partial charge in [-0.15, -0.1) is 21.5 Å². The third kappa shape index (κ3) is 2.94. The molecular formula is C14H13Cl2N3OS2. The van der Waals surface area contributed by atoms with E-state index in [2.05, 4.69) is 14.8 Å². The largest absolute Gasteiger partial charge is 0.303 e. The van der Waals surface area contributed by atoms with Gasteiger partial charge >= 0.3 is 0 Å². The number of rotatable bonds is 6. The molecule has 0 amide bonds. The summed E-state index contributed by atoms with van der Waals surface area (Å²) < 4.78 is 3.24. The van der Waals surface area contributed by atoms with Gasteiger partial charge in [-0.05, 0) is 31.7 Å². The quantitative estimate of drug-likeness (QED) is 0.537. The summed E-state index contributed by atoms with van der Waals surface area (Å²) in [5.74, 6) is 1.97. The standard InChI is InChI=1S/C14H13Cl2N3OS2/c15-11-5-9(12(16)22-11)10(20)6-21-14-18-17-13(7-1-2-7)19(14)8-3-4-8/h5,7-8H,1-4,6H2. The van der Waals surface area contributed by atoms with Gasteiger partial charge in [0.15, 0.2) is 10.9 Å². The average Bonchev–Trinajstić information content (AvgIpc) is 3.41. The number of thioether (sulfide) groups is 1. The summed E-state index contributed by atoms with van der Waals surface area (Å²) in [7, 11) is 0. The van der Waals surface area contributed by atoms with Crippen LogP contribution in [0.1, 0.15) is 53.8 Å². The Hall–Kier alpha value is -0.560. The van der Waals surface area contributed by atoms with Crippen LogP contribution in [-0.4, -0.2) is 26.3 Å². The first-order valence-electron chi connectivity index (χ1n) is 7.19. The Labute approximate surface area is 146 Å². The molecule has 0 radical (unpaired) electrons. The van der Waals surface area contributed by atoms with Crippen LogP contribution in [0.15, 0.2) is 11.2 Å². The van der Waals surface area contributed by atoms with Gasteiger partial charge in [-0.1, -0.05) is 35.0 Å². The monoisotopic (exact) mass is 373 g/mol. The van der Waals surface area contributed by atoms with Crippen LogP contribution >= 0.6 is 46.3 Å². The van der Waals surface area contributed by atoms with Crippen LogP contribution in [0.3, 0.4) is 0 Å². The summed E-state index contributed by atoms with van der Waals surface area (Å²) in [5, 5.41) is 9.50. The fourth-order valence-electron chi connectivity index (χ4n) is 2.42. The number of nitrogens with zero attached hydrogens (tertiary/aromatic N) is 3. The number of carbonyl (C=O) groups excluding carboxylic acids is 1. The molecule has 0 aliphatic heterocycles. The van der Waals surface area contributed by atoms with Crippen LogP contribution in [0.5, 0.6) is 0 Å². The van der Waals surface area contributed by atoms with Crippen LogP contribution in [0.4, 0.5) is 0 Å². The molecular weight excluding hydrogens is 361 g/mol. The molecule has 2 fully saturated rings. The third-order valence-electron chi connectivity index (χ3n) is 3.83. The summed E-state index contributed by atoms with van der Waals surface area (Å²) >= 11 is 14.6. The lowest BCUT2D eigenvalue weighted by molar-refractivity contribution is 0.102. The van der Waals surface area contributed by atoms with Crippen LogP contribution in [0, 0.1) is 0 Å². The Morgan fingerprint density at radius 2 is 2.09 bits per heavy atom. The average molecular weight is 374 g/mol. The molecule has 2 aromatic rings. The first-order chi connectivity index (χ1) is 10.6. The fourth-order valence-corrected chi connectivity index (χ4v) is 4.82. The highest BCUT2D eigenvalue weighted by Crippen LogP contribution is 2.46. The Morgan fingerprint density at radius 1 is 1.32 bits per heavy atom. The smallest absolute Gasteiger partial charge is 0.191 e. The number of hydrogen-bond acceptors (Lipinski definition) is 5. The SMILES string of the molecule is O=C(CSc1nnc(C2CC2)n1C1CC1)c1cc(Cl)sc1Cl. The molecule has 4 nitrogen and oxygen atoms in total. The summed E-state index contributed by atoms with van der Waals surface area (Å²) in [5.41, 5.74) is 0.504. The van der Waals surface area contributed by atoms with E-state index in [4.69, 9.17) is 23.2 Å². The zero-order valence-corrected chi connectivity index (χ0v) is 14.7. The van der Waals surface area contributed by atoms with E-state index in [9.17, 15) is 4.79 Å². The molecule has 2 aromatic heterocycles. The minimum atomic E-state index is -0.0172. The van der Waals surface area contributed by atoms with E-state index in [-0.39, 0.29) is 5.78 Å². The lowest BCUT2D eigenvalue weighted by Crippen LogP contribution is -2.05. The van der Waals surface area contributed by atoms with E-state index in [0.29, 0.717) is 31.9 Å². The summed E-state index contributed by atoms with van der Waals surface area (Å²) in [6.45, 7) is 0. The second-order valence-electron chi connectivity index (χ2n) is 5.67. The van der Waals surface area contributed by atoms with Crippen molar-refractivity contribution in [1.29, 1.82) is 0 Å². The minimum Gasteiger partial charge on any atom is -0.303 e. The zero-order chi connectivity index (χ0) is 15.3. The number of hydrogen-bond donors (Lipinski definition) is 0. The molecule has 0 atom stereocenters. The van der Waals surface area contributed by atoms with E-state index in [1.54, 1.807) is 6.07 Å².